The van der Waals surface area contributed by atoms with Crippen molar-refractivity contribution in [2.45, 2.75) is 20.0 Å². The summed E-state index contributed by atoms with van der Waals surface area (Å²) in [5.74, 6) is -0.820. The van der Waals surface area contributed by atoms with E-state index in [4.69, 9.17) is 11.5 Å². The van der Waals surface area contributed by atoms with Gasteiger partial charge in [0.2, 0.25) is 0 Å². The SMILES string of the molecule is C/C=C\C(F)=C(/N)NC/C(C)=C/C=C(\N)C(F)(F)F. The van der Waals surface area contributed by atoms with Crippen LogP contribution in [0.25, 0.3) is 0 Å². The van der Waals surface area contributed by atoms with E-state index in [-0.39, 0.29) is 12.4 Å². The molecule has 0 aromatic heterocycles. The van der Waals surface area contributed by atoms with Gasteiger partial charge in [0.05, 0.1) is 0 Å². The summed E-state index contributed by atoms with van der Waals surface area (Å²) in [7, 11) is 0. The fourth-order valence-corrected chi connectivity index (χ4v) is 0.941. The van der Waals surface area contributed by atoms with Crippen LogP contribution in [0, 0.1) is 0 Å². The Bertz CT molecular complexity index is 417. The van der Waals surface area contributed by atoms with Crippen LogP contribution in [-0.2, 0) is 0 Å². The van der Waals surface area contributed by atoms with Crippen molar-refractivity contribution < 1.29 is 17.6 Å². The van der Waals surface area contributed by atoms with Crippen LogP contribution in [0.1, 0.15) is 13.8 Å². The Morgan fingerprint density at radius 2 is 1.79 bits per heavy atom. The van der Waals surface area contributed by atoms with Crippen molar-refractivity contribution in [2.75, 3.05) is 6.54 Å². The van der Waals surface area contributed by atoms with Crippen LogP contribution in [0.2, 0.25) is 0 Å². The lowest BCUT2D eigenvalue weighted by Crippen LogP contribution is -2.23. The lowest BCUT2D eigenvalue weighted by atomic mass is 10.2. The number of nitrogens with two attached hydrogens (primary N) is 2. The van der Waals surface area contributed by atoms with Crippen LogP contribution in [0.3, 0.4) is 0 Å². The number of halogens is 4. The Hall–Kier alpha value is -1.92. The zero-order valence-electron chi connectivity index (χ0n) is 10.7. The summed E-state index contributed by atoms with van der Waals surface area (Å²) in [5, 5.41) is 2.54. The maximum atomic E-state index is 13.1. The fourth-order valence-electron chi connectivity index (χ4n) is 0.941. The van der Waals surface area contributed by atoms with E-state index in [2.05, 4.69) is 5.32 Å². The molecule has 0 saturated heterocycles. The molecule has 0 aliphatic heterocycles. The molecule has 0 unspecified atom stereocenters. The molecule has 0 spiro atoms. The average Bonchev–Trinajstić information content (AvgIpc) is 2.31. The first kappa shape index (κ1) is 17.1. The van der Waals surface area contributed by atoms with Crippen molar-refractivity contribution >= 4 is 0 Å². The minimum Gasteiger partial charge on any atom is -0.395 e. The van der Waals surface area contributed by atoms with E-state index in [0.717, 1.165) is 6.08 Å². The topological polar surface area (TPSA) is 64.1 Å². The molecular weight excluding hydrogens is 262 g/mol. The highest BCUT2D eigenvalue weighted by Gasteiger charge is 2.30. The molecule has 0 saturated carbocycles. The summed E-state index contributed by atoms with van der Waals surface area (Å²) in [4.78, 5) is 0. The molecule has 19 heavy (non-hydrogen) atoms. The normalized spacial score (nSPS) is 15.7. The molecule has 0 radical (unpaired) electrons. The van der Waals surface area contributed by atoms with Gasteiger partial charge in [-0.1, -0.05) is 17.7 Å². The van der Waals surface area contributed by atoms with E-state index in [0.29, 0.717) is 5.57 Å². The van der Waals surface area contributed by atoms with E-state index in [1.165, 1.54) is 18.2 Å². The molecular formula is C12H17F4N3. The van der Waals surface area contributed by atoms with Gasteiger partial charge in [0.1, 0.15) is 11.5 Å². The van der Waals surface area contributed by atoms with Gasteiger partial charge in [0.25, 0.3) is 0 Å². The molecule has 7 heteroatoms. The molecule has 0 atom stereocenters. The molecule has 0 heterocycles. The van der Waals surface area contributed by atoms with Gasteiger partial charge in [-0.2, -0.15) is 13.2 Å². The van der Waals surface area contributed by atoms with Gasteiger partial charge in [-0.05, 0) is 26.0 Å². The van der Waals surface area contributed by atoms with Crippen molar-refractivity contribution in [1.29, 1.82) is 0 Å². The third-order valence-corrected chi connectivity index (χ3v) is 2.00. The van der Waals surface area contributed by atoms with Crippen LogP contribution in [0.4, 0.5) is 17.6 Å². The molecule has 3 nitrogen and oxygen atoms in total. The Balaban J connectivity index is 4.57. The second-order valence-corrected chi connectivity index (χ2v) is 3.75. The van der Waals surface area contributed by atoms with Crippen molar-refractivity contribution in [3.63, 3.8) is 0 Å². The van der Waals surface area contributed by atoms with E-state index in [1.807, 2.05) is 0 Å². The molecule has 0 aliphatic carbocycles. The molecule has 108 valence electrons. The summed E-state index contributed by atoms with van der Waals surface area (Å²) in [6, 6.07) is 0. The Labute approximate surface area is 109 Å². The second-order valence-electron chi connectivity index (χ2n) is 3.75. The van der Waals surface area contributed by atoms with Crippen LogP contribution >= 0.6 is 0 Å². The minimum absolute atomic E-state index is 0.110. The highest BCUT2D eigenvalue weighted by atomic mass is 19.4. The maximum Gasteiger partial charge on any atom is 0.430 e. The Kier molecular flexibility index (Phi) is 6.74. The van der Waals surface area contributed by atoms with E-state index in [9.17, 15) is 17.6 Å². The van der Waals surface area contributed by atoms with Crippen LogP contribution in [-0.4, -0.2) is 12.7 Å². The number of nitrogens with one attached hydrogen (secondary N) is 1. The van der Waals surface area contributed by atoms with Crippen LogP contribution in [0.5, 0.6) is 0 Å². The first-order chi connectivity index (χ1) is 8.68. The second kappa shape index (κ2) is 7.50. The lowest BCUT2D eigenvalue weighted by molar-refractivity contribution is -0.0926. The zero-order chi connectivity index (χ0) is 15.1. The van der Waals surface area contributed by atoms with E-state index in [1.54, 1.807) is 13.8 Å². The molecule has 0 aromatic rings. The standard InChI is InChI=1S/C12H17F4N3/c1-3-4-9(13)11(18)19-7-8(2)5-6-10(17)12(14,15)16/h3-6,19H,7,17-18H2,1-2H3/b4-3-,8-5+,10-6-,11-9-. The third-order valence-electron chi connectivity index (χ3n) is 2.00. The summed E-state index contributed by atoms with van der Waals surface area (Å²) < 4.78 is 49.4. The molecule has 0 aliphatic rings. The summed E-state index contributed by atoms with van der Waals surface area (Å²) in [5.41, 5.74) is 9.50. The number of rotatable bonds is 5. The number of allylic oxidation sites excluding steroid dienone is 6. The predicted octanol–water partition coefficient (Wildman–Crippen LogP) is 2.60. The van der Waals surface area contributed by atoms with E-state index >= 15 is 0 Å². The molecule has 0 rings (SSSR count). The number of alkyl halides is 3. The summed E-state index contributed by atoms with van der Waals surface area (Å²) >= 11 is 0. The molecule has 5 N–H and O–H groups in total. The van der Waals surface area contributed by atoms with Crippen LogP contribution in [0.15, 0.2) is 47.2 Å². The quantitative estimate of drug-likeness (QED) is 0.535. The Morgan fingerprint density at radius 3 is 2.26 bits per heavy atom. The van der Waals surface area contributed by atoms with Gasteiger partial charge in [-0.25, -0.2) is 4.39 Å². The van der Waals surface area contributed by atoms with Crippen LogP contribution < -0.4 is 16.8 Å². The fraction of sp³-hybridized carbons (Fsp3) is 0.333. The van der Waals surface area contributed by atoms with Crippen molar-refractivity contribution in [3.8, 4) is 0 Å². The zero-order valence-corrected chi connectivity index (χ0v) is 10.7. The molecule has 0 fully saturated rings. The highest BCUT2D eigenvalue weighted by Crippen LogP contribution is 2.21. The van der Waals surface area contributed by atoms with Gasteiger partial charge < -0.3 is 16.8 Å². The van der Waals surface area contributed by atoms with Gasteiger partial charge >= 0.3 is 6.18 Å². The first-order valence-corrected chi connectivity index (χ1v) is 5.40. The van der Waals surface area contributed by atoms with E-state index < -0.39 is 17.7 Å². The molecule has 0 aromatic carbocycles. The average molecular weight is 279 g/mol. The minimum atomic E-state index is -4.55. The molecule has 0 amide bonds. The monoisotopic (exact) mass is 279 g/mol. The van der Waals surface area contributed by atoms with Gasteiger partial charge in [0.15, 0.2) is 5.83 Å². The van der Waals surface area contributed by atoms with Crippen molar-refractivity contribution in [3.05, 3.63) is 47.2 Å². The highest BCUT2D eigenvalue weighted by molar-refractivity contribution is 5.20. The summed E-state index contributed by atoms with van der Waals surface area (Å²) in [6.07, 6.45) is 0.0271. The lowest BCUT2D eigenvalue weighted by Gasteiger charge is -2.07. The Morgan fingerprint density at radius 1 is 1.21 bits per heavy atom. The maximum absolute atomic E-state index is 13.1. The first-order valence-electron chi connectivity index (χ1n) is 5.40. The van der Waals surface area contributed by atoms with Gasteiger partial charge in [-0.15, -0.1) is 0 Å². The number of hydrogen-bond acceptors (Lipinski definition) is 3. The molecule has 0 bridgehead atoms. The van der Waals surface area contributed by atoms with Gasteiger partial charge in [-0.3, -0.25) is 0 Å². The summed E-state index contributed by atoms with van der Waals surface area (Å²) in [6.45, 7) is 3.30. The van der Waals surface area contributed by atoms with Gasteiger partial charge in [0, 0.05) is 6.54 Å². The van der Waals surface area contributed by atoms with Crippen molar-refractivity contribution in [1.82, 2.24) is 5.32 Å². The van der Waals surface area contributed by atoms with Crippen molar-refractivity contribution in [2.24, 2.45) is 11.5 Å². The smallest absolute Gasteiger partial charge is 0.395 e. The largest absolute Gasteiger partial charge is 0.430 e. The predicted molar refractivity (Wildman–Crippen MR) is 67.2 cm³/mol. The third kappa shape index (κ3) is 7.17. The number of hydrogen-bond donors (Lipinski definition) is 3.